The Morgan fingerprint density at radius 2 is 2.07 bits per heavy atom. The number of nitriles is 1. The summed E-state index contributed by atoms with van der Waals surface area (Å²) in [5, 5.41) is 22.2. The third-order valence-electron chi connectivity index (χ3n) is 3.99. The van der Waals surface area contributed by atoms with Crippen LogP contribution in [0.25, 0.3) is 17.0 Å². The fourth-order valence-electron chi connectivity index (χ4n) is 2.67. The molecule has 0 spiro atoms. The topological polar surface area (TPSA) is 105 Å². The van der Waals surface area contributed by atoms with E-state index in [1.54, 1.807) is 16.7 Å². The molecule has 0 amide bonds. The standard InChI is InChI=1S/C17H12FN7OS/c1-24-16(10-2-4-12(18)5-3-10)22-23-17(24)27-9-13-6-14(26)21-15-11(7-19)8-20-25(13)15/h2-6,8H,9H2,1H3,(H,21,26). The number of fused-ring (bicyclic) bond motifs is 1. The van der Waals surface area contributed by atoms with Crippen molar-refractivity contribution in [1.82, 2.24) is 29.4 Å². The fourth-order valence-corrected chi connectivity index (χ4v) is 3.53. The smallest absolute Gasteiger partial charge is 0.251 e. The molecule has 0 saturated carbocycles. The van der Waals surface area contributed by atoms with Gasteiger partial charge in [-0.1, -0.05) is 11.8 Å². The Bertz CT molecular complexity index is 1230. The van der Waals surface area contributed by atoms with Gasteiger partial charge in [-0.2, -0.15) is 10.4 Å². The number of thioether (sulfide) groups is 1. The first kappa shape index (κ1) is 17.0. The monoisotopic (exact) mass is 381 g/mol. The maximum Gasteiger partial charge on any atom is 0.251 e. The number of aromatic amines is 1. The Morgan fingerprint density at radius 1 is 1.30 bits per heavy atom. The van der Waals surface area contributed by atoms with Gasteiger partial charge in [-0.15, -0.1) is 10.2 Å². The minimum Gasteiger partial charge on any atom is -0.306 e. The number of halogens is 1. The number of nitrogens with zero attached hydrogens (tertiary/aromatic N) is 6. The van der Waals surface area contributed by atoms with E-state index in [0.29, 0.717) is 33.6 Å². The highest BCUT2D eigenvalue weighted by atomic mass is 32.2. The van der Waals surface area contributed by atoms with E-state index in [0.717, 1.165) is 5.56 Å². The molecule has 0 aliphatic heterocycles. The average Bonchev–Trinajstić information content (AvgIpc) is 3.24. The van der Waals surface area contributed by atoms with Gasteiger partial charge in [-0.05, 0) is 24.3 Å². The molecule has 3 heterocycles. The first-order chi connectivity index (χ1) is 13.1. The van der Waals surface area contributed by atoms with Crippen LogP contribution in [0.15, 0.2) is 46.5 Å². The number of H-pyrrole nitrogens is 1. The number of nitrogens with one attached hydrogen (secondary N) is 1. The second-order valence-electron chi connectivity index (χ2n) is 5.72. The number of aromatic nitrogens is 6. The van der Waals surface area contributed by atoms with Gasteiger partial charge in [0.15, 0.2) is 16.6 Å². The van der Waals surface area contributed by atoms with Gasteiger partial charge in [0.1, 0.15) is 17.4 Å². The van der Waals surface area contributed by atoms with E-state index in [4.69, 9.17) is 5.26 Å². The fraction of sp³-hybridized carbons (Fsp3) is 0.118. The summed E-state index contributed by atoms with van der Waals surface area (Å²) in [6.45, 7) is 0. The third-order valence-corrected chi connectivity index (χ3v) is 5.04. The van der Waals surface area contributed by atoms with Crippen LogP contribution in [-0.4, -0.2) is 29.4 Å². The molecular formula is C17H12FN7OS. The van der Waals surface area contributed by atoms with E-state index in [2.05, 4.69) is 20.3 Å². The van der Waals surface area contributed by atoms with Crippen molar-refractivity contribution in [3.63, 3.8) is 0 Å². The summed E-state index contributed by atoms with van der Waals surface area (Å²) in [4.78, 5) is 14.5. The summed E-state index contributed by atoms with van der Waals surface area (Å²) in [6.07, 6.45) is 1.41. The van der Waals surface area contributed by atoms with Crippen molar-refractivity contribution in [2.45, 2.75) is 10.9 Å². The first-order valence-electron chi connectivity index (χ1n) is 7.85. The SMILES string of the molecule is Cn1c(SCc2cc(=O)[nH]c3c(C#N)cnn23)nnc1-c1ccc(F)cc1. The van der Waals surface area contributed by atoms with E-state index in [-0.39, 0.29) is 11.4 Å². The van der Waals surface area contributed by atoms with Crippen LogP contribution in [0.5, 0.6) is 0 Å². The summed E-state index contributed by atoms with van der Waals surface area (Å²) in [7, 11) is 1.82. The molecule has 0 unspecified atom stereocenters. The molecule has 27 heavy (non-hydrogen) atoms. The van der Waals surface area contributed by atoms with Gasteiger partial charge >= 0.3 is 0 Å². The van der Waals surface area contributed by atoms with Crippen molar-refractivity contribution in [3.8, 4) is 17.5 Å². The van der Waals surface area contributed by atoms with Crippen LogP contribution in [0.4, 0.5) is 4.39 Å². The number of hydrogen-bond donors (Lipinski definition) is 1. The molecule has 1 N–H and O–H groups in total. The zero-order chi connectivity index (χ0) is 19.0. The predicted octanol–water partition coefficient (Wildman–Crippen LogP) is 2.12. The van der Waals surface area contributed by atoms with Crippen molar-refractivity contribution in [1.29, 1.82) is 5.26 Å². The highest BCUT2D eigenvalue weighted by molar-refractivity contribution is 7.98. The second kappa shape index (κ2) is 6.69. The molecule has 0 aliphatic carbocycles. The van der Waals surface area contributed by atoms with Gasteiger partial charge in [-0.3, -0.25) is 4.79 Å². The van der Waals surface area contributed by atoms with Crippen LogP contribution in [-0.2, 0) is 12.8 Å². The molecule has 0 aliphatic rings. The number of hydrogen-bond acceptors (Lipinski definition) is 6. The lowest BCUT2D eigenvalue weighted by atomic mass is 10.2. The van der Waals surface area contributed by atoms with Gasteiger partial charge in [0, 0.05) is 24.4 Å². The largest absolute Gasteiger partial charge is 0.306 e. The van der Waals surface area contributed by atoms with Crippen molar-refractivity contribution >= 4 is 17.4 Å². The van der Waals surface area contributed by atoms with Gasteiger partial charge < -0.3 is 9.55 Å². The summed E-state index contributed by atoms with van der Waals surface area (Å²) < 4.78 is 16.4. The van der Waals surface area contributed by atoms with Gasteiger partial charge in [0.2, 0.25) is 0 Å². The Balaban J connectivity index is 1.63. The van der Waals surface area contributed by atoms with Gasteiger partial charge in [0.25, 0.3) is 5.56 Å². The van der Waals surface area contributed by atoms with Crippen molar-refractivity contribution < 1.29 is 4.39 Å². The molecule has 3 aromatic heterocycles. The summed E-state index contributed by atoms with van der Waals surface area (Å²) in [6, 6.07) is 9.45. The maximum absolute atomic E-state index is 13.1. The Morgan fingerprint density at radius 3 is 2.81 bits per heavy atom. The van der Waals surface area contributed by atoms with Crippen molar-refractivity contribution in [3.05, 3.63) is 64.0 Å². The normalized spacial score (nSPS) is 11.0. The lowest BCUT2D eigenvalue weighted by Gasteiger charge is -2.05. The van der Waals surface area contributed by atoms with Crippen LogP contribution < -0.4 is 5.56 Å². The minimum absolute atomic E-state index is 0.302. The van der Waals surface area contributed by atoms with Crippen molar-refractivity contribution in [2.24, 2.45) is 7.05 Å². The molecule has 0 bridgehead atoms. The summed E-state index contributed by atoms with van der Waals surface area (Å²) in [5.41, 5.74) is 1.75. The van der Waals surface area contributed by atoms with Crippen LogP contribution in [0.3, 0.4) is 0 Å². The molecule has 0 fully saturated rings. The van der Waals surface area contributed by atoms with Crippen molar-refractivity contribution in [2.75, 3.05) is 0 Å². The lowest BCUT2D eigenvalue weighted by Crippen LogP contribution is -2.11. The van der Waals surface area contributed by atoms with E-state index in [9.17, 15) is 9.18 Å². The Labute approximate surface area is 156 Å². The molecule has 4 rings (SSSR count). The lowest BCUT2D eigenvalue weighted by molar-refractivity contribution is 0.628. The number of rotatable bonds is 4. The molecule has 10 heteroatoms. The maximum atomic E-state index is 13.1. The molecular weight excluding hydrogens is 369 g/mol. The minimum atomic E-state index is -0.315. The van der Waals surface area contributed by atoms with Crippen LogP contribution in [0, 0.1) is 17.1 Å². The summed E-state index contributed by atoms with van der Waals surface area (Å²) in [5.74, 6) is 0.701. The van der Waals surface area contributed by atoms with E-state index in [1.807, 2.05) is 13.1 Å². The van der Waals surface area contributed by atoms with E-state index >= 15 is 0 Å². The second-order valence-corrected chi connectivity index (χ2v) is 6.66. The quantitative estimate of drug-likeness (QED) is 0.543. The zero-order valence-corrected chi connectivity index (χ0v) is 14.9. The molecule has 0 radical (unpaired) electrons. The van der Waals surface area contributed by atoms with E-state index < -0.39 is 0 Å². The zero-order valence-electron chi connectivity index (χ0n) is 14.0. The van der Waals surface area contributed by atoms with Gasteiger partial charge in [-0.25, -0.2) is 8.91 Å². The molecule has 4 aromatic rings. The molecule has 134 valence electrons. The molecule has 8 nitrogen and oxygen atoms in total. The van der Waals surface area contributed by atoms with E-state index in [1.165, 1.54) is 40.7 Å². The third kappa shape index (κ3) is 3.09. The summed E-state index contributed by atoms with van der Waals surface area (Å²) >= 11 is 1.38. The van der Waals surface area contributed by atoms with Gasteiger partial charge in [0.05, 0.1) is 11.9 Å². The molecule has 1 aromatic carbocycles. The first-order valence-corrected chi connectivity index (χ1v) is 8.83. The molecule has 0 atom stereocenters. The molecule has 0 saturated heterocycles. The highest BCUT2D eigenvalue weighted by Gasteiger charge is 2.14. The Hall–Kier alpha value is -3.45. The number of benzene rings is 1. The highest BCUT2D eigenvalue weighted by Crippen LogP contribution is 2.25. The van der Waals surface area contributed by atoms with Crippen LogP contribution in [0.2, 0.25) is 0 Å². The Kier molecular flexibility index (Phi) is 4.21. The average molecular weight is 381 g/mol. The predicted molar refractivity (Wildman–Crippen MR) is 96.5 cm³/mol. The van der Waals surface area contributed by atoms with Crippen LogP contribution in [0.1, 0.15) is 11.3 Å². The van der Waals surface area contributed by atoms with Crippen LogP contribution >= 0.6 is 11.8 Å².